The Balaban J connectivity index is 0.000000217. The van der Waals surface area contributed by atoms with E-state index in [4.69, 9.17) is 14.0 Å². The van der Waals surface area contributed by atoms with Gasteiger partial charge in [0, 0.05) is 38.5 Å². The predicted octanol–water partition coefficient (Wildman–Crippen LogP) is 10.8. The van der Waals surface area contributed by atoms with Crippen LogP contribution in [0.15, 0.2) is 89.6 Å². The number of hydrogen-bond donors (Lipinski definition) is 0. The monoisotopic (exact) mass is 868 g/mol. The molecular weight excluding hydrogens is 813 g/mol. The van der Waals surface area contributed by atoms with E-state index >= 15 is 0 Å². The number of aromatic nitrogens is 2. The molecule has 6 aromatic rings. The van der Waals surface area contributed by atoms with Crippen molar-refractivity contribution >= 4 is 39.6 Å². The summed E-state index contributed by atoms with van der Waals surface area (Å²) >= 11 is -2.20. The van der Waals surface area contributed by atoms with Gasteiger partial charge in [-0.25, -0.2) is 0 Å². The molecule has 0 N–H and O–H groups in total. The molecule has 0 bridgehead atoms. The smallest absolute Gasteiger partial charge is 0 e. The maximum atomic E-state index is 8.71. The molecule has 0 spiro atoms. The third-order valence-corrected chi connectivity index (χ3v) is 12.5. The van der Waals surface area contributed by atoms with Crippen LogP contribution in [0.3, 0.4) is 0 Å². The fraction of sp³-hybridized carbons (Fsp3) is 0.333. The zero-order chi connectivity index (χ0) is 38.3. The normalized spacial score (nSPS) is 16.6. The summed E-state index contributed by atoms with van der Waals surface area (Å²) in [5.74, 6) is 6.79. The maximum Gasteiger partial charge on any atom is 0 e. The van der Waals surface area contributed by atoms with Crippen molar-refractivity contribution in [2.75, 3.05) is 0 Å². The van der Waals surface area contributed by atoms with Gasteiger partial charge in [0.15, 0.2) is 0 Å². The van der Waals surface area contributed by atoms with Gasteiger partial charge in [-0.15, -0.1) is 18.2 Å². The number of pyridine rings is 2. The molecule has 47 heavy (non-hydrogen) atoms. The minimum absolute atomic E-state index is 0. The van der Waals surface area contributed by atoms with E-state index in [1.54, 1.807) is 42.6 Å². The summed E-state index contributed by atoms with van der Waals surface area (Å²) in [5.41, 5.74) is 5.70. The van der Waals surface area contributed by atoms with Gasteiger partial charge in [-0.05, 0) is 42.5 Å². The molecule has 0 unspecified atom stereocenters. The van der Waals surface area contributed by atoms with Gasteiger partial charge >= 0.3 is 128 Å². The third kappa shape index (κ3) is 8.52. The zero-order valence-electron chi connectivity index (χ0n) is 34.7. The van der Waals surface area contributed by atoms with E-state index in [1.165, 1.54) is 0 Å². The number of benzene rings is 3. The number of hydrogen-bond acceptors (Lipinski definition) is 3. The first-order chi connectivity index (χ1) is 24.9. The Kier molecular flexibility index (Phi) is 8.83. The number of fused-ring (bicyclic) bond motifs is 3. The molecule has 1 radical (unpaired) electrons. The second-order valence-corrected chi connectivity index (χ2v) is 24.0. The first-order valence-corrected chi connectivity index (χ1v) is 23.6. The van der Waals surface area contributed by atoms with Gasteiger partial charge in [-0.2, -0.15) is 0 Å². The maximum absolute atomic E-state index is 8.71. The second-order valence-electron chi connectivity index (χ2n) is 13.4. The molecule has 3 aromatic carbocycles. The Morgan fingerprint density at radius 1 is 0.936 bits per heavy atom. The molecule has 3 aromatic heterocycles. The zero-order valence-corrected chi connectivity index (χ0v) is 32.2. The predicted molar refractivity (Wildman–Crippen MR) is 196 cm³/mol. The standard InChI is InChI=1S/C24H22NO.C18H24GeN.Ir/c1-16-9-10-19-20-7-4-8-21(24(20)26-23(19)13-16)22-15-18(11-12-25-22)14-17-5-2-3-6-17;1-14(2)11-16-12-18(15-9-7-6-8-10-15)20-13-17(16)19(3,4)5;/h4,7,9-13,15,17H,2-3,5-6,14H2,1H3;6-9,12-14H,11H2,1-5H3;/q2*-1;/i1D3,14D2;11D2;. The van der Waals surface area contributed by atoms with Crippen LogP contribution >= 0.6 is 0 Å². The van der Waals surface area contributed by atoms with Crippen LogP contribution in [0.25, 0.3) is 44.5 Å². The van der Waals surface area contributed by atoms with Gasteiger partial charge in [0.25, 0.3) is 0 Å². The van der Waals surface area contributed by atoms with Crippen LogP contribution < -0.4 is 4.40 Å². The Bertz CT molecular complexity index is 2220. The van der Waals surface area contributed by atoms with Crippen LogP contribution in [0.1, 0.15) is 65.8 Å². The van der Waals surface area contributed by atoms with Crippen molar-refractivity contribution in [1.82, 2.24) is 9.97 Å². The van der Waals surface area contributed by atoms with Crippen molar-refractivity contribution in [1.29, 1.82) is 0 Å². The molecule has 3 nitrogen and oxygen atoms in total. The van der Waals surface area contributed by atoms with Crippen molar-refractivity contribution in [3.8, 4) is 22.5 Å². The van der Waals surface area contributed by atoms with Gasteiger partial charge in [0.2, 0.25) is 0 Å². The van der Waals surface area contributed by atoms with Gasteiger partial charge in [0.05, 0.1) is 5.58 Å². The summed E-state index contributed by atoms with van der Waals surface area (Å²) in [5, 5.41) is 1.68. The minimum Gasteiger partial charge on any atom is 0 e. The average molecular weight is 867 g/mol. The number of aryl methyl sites for hydroxylation is 1. The molecule has 7 rings (SSSR count). The van der Waals surface area contributed by atoms with E-state index in [0.29, 0.717) is 28.0 Å². The van der Waals surface area contributed by atoms with Crippen molar-refractivity contribution in [3.05, 3.63) is 114 Å². The Morgan fingerprint density at radius 2 is 1.77 bits per heavy atom. The third-order valence-electron chi connectivity index (χ3n) is 8.32. The SMILES string of the molecule is [2H]C([2H])([2H])c1ccc2c(c1)oc1c(-c3cc(C([2H])([2H])C4CCCC4)ccn3)[c-]ccc12.[2H]C([2H])(c1cc(-c2[c-]cccc2)nc[c]1[Ge]([CH3])([CH3])[CH3])C(C)C.[Ir]. The van der Waals surface area contributed by atoms with Crippen LogP contribution in [-0.4, -0.2) is 23.2 Å². The fourth-order valence-corrected chi connectivity index (χ4v) is 9.02. The Hall–Kier alpha value is -3.05. The van der Waals surface area contributed by atoms with E-state index in [2.05, 4.69) is 39.4 Å². The van der Waals surface area contributed by atoms with Crippen LogP contribution in [0, 0.1) is 30.8 Å². The quantitative estimate of drug-likeness (QED) is 0.119. The van der Waals surface area contributed by atoms with Crippen LogP contribution in [-0.2, 0) is 32.9 Å². The fourth-order valence-electron chi connectivity index (χ4n) is 6.08. The summed E-state index contributed by atoms with van der Waals surface area (Å²) in [4.78, 5) is 9.08. The van der Waals surface area contributed by atoms with Gasteiger partial charge < -0.3 is 9.40 Å². The Morgan fingerprint density at radius 3 is 2.49 bits per heavy atom. The molecule has 0 saturated heterocycles. The summed E-state index contributed by atoms with van der Waals surface area (Å²) in [6.45, 7) is 1.67. The molecule has 3 heterocycles. The molecule has 1 aliphatic carbocycles. The summed E-state index contributed by atoms with van der Waals surface area (Å²) in [6.07, 6.45) is 4.75. The summed E-state index contributed by atoms with van der Waals surface area (Å²) in [6, 6.07) is 28.2. The molecule has 245 valence electrons. The van der Waals surface area contributed by atoms with E-state index < -0.39 is 32.9 Å². The first-order valence-electron chi connectivity index (χ1n) is 19.7. The molecule has 0 aliphatic heterocycles. The number of rotatable bonds is 7. The molecular formula is C42H46GeIrN2O-2. The minimum atomic E-state index is -2.20. The van der Waals surface area contributed by atoms with Gasteiger partial charge in [-0.1, -0.05) is 60.4 Å². The largest absolute Gasteiger partial charge is 0 e. The van der Waals surface area contributed by atoms with Crippen molar-refractivity contribution in [2.24, 2.45) is 11.8 Å². The molecule has 0 amide bonds. The molecule has 5 heteroatoms. The summed E-state index contributed by atoms with van der Waals surface area (Å²) in [7, 11) is 0. The molecule has 1 saturated carbocycles. The number of furan rings is 1. The van der Waals surface area contributed by atoms with E-state index in [1.807, 2.05) is 56.4 Å². The molecule has 1 fully saturated rings. The van der Waals surface area contributed by atoms with E-state index in [9.17, 15) is 0 Å². The summed E-state index contributed by atoms with van der Waals surface area (Å²) < 4.78 is 64.7. The van der Waals surface area contributed by atoms with Crippen molar-refractivity contribution < 1.29 is 34.1 Å². The van der Waals surface area contributed by atoms with E-state index in [-0.39, 0.29) is 37.5 Å². The van der Waals surface area contributed by atoms with Crippen LogP contribution in [0.5, 0.6) is 0 Å². The van der Waals surface area contributed by atoms with Crippen LogP contribution in [0.4, 0.5) is 0 Å². The average Bonchev–Trinajstić information content (AvgIpc) is 3.80. The molecule has 1 aliphatic rings. The van der Waals surface area contributed by atoms with Gasteiger partial charge in [-0.3, -0.25) is 0 Å². The Labute approximate surface area is 307 Å². The van der Waals surface area contributed by atoms with Crippen molar-refractivity contribution in [2.45, 2.75) is 76.4 Å². The van der Waals surface area contributed by atoms with Crippen LogP contribution in [0.2, 0.25) is 17.3 Å². The van der Waals surface area contributed by atoms with Crippen molar-refractivity contribution in [3.63, 3.8) is 0 Å². The topological polar surface area (TPSA) is 38.9 Å². The second kappa shape index (κ2) is 15.4. The molecule has 0 atom stereocenters. The number of nitrogens with zero attached hydrogens (tertiary/aromatic N) is 2. The van der Waals surface area contributed by atoms with E-state index in [0.717, 1.165) is 57.7 Å². The van der Waals surface area contributed by atoms with Gasteiger partial charge in [0.1, 0.15) is 5.58 Å². The first kappa shape index (κ1) is 26.9.